The second-order valence-corrected chi connectivity index (χ2v) is 7.33. The van der Waals surface area contributed by atoms with Crippen LogP contribution in [0.2, 0.25) is 0 Å². The van der Waals surface area contributed by atoms with E-state index in [2.05, 4.69) is 12.2 Å². The molecule has 1 aromatic carbocycles. The number of hydrogen-bond acceptors (Lipinski definition) is 3. The lowest BCUT2D eigenvalue weighted by Crippen LogP contribution is -2.28. The van der Waals surface area contributed by atoms with Crippen molar-refractivity contribution in [1.82, 2.24) is 0 Å². The van der Waals surface area contributed by atoms with E-state index in [1.54, 1.807) is 19.1 Å². The molecular weight excluding hydrogens is 272 g/mol. The van der Waals surface area contributed by atoms with Gasteiger partial charge in [-0.3, -0.25) is 0 Å². The Labute approximate surface area is 121 Å². The molecule has 1 aliphatic carbocycles. The summed E-state index contributed by atoms with van der Waals surface area (Å²) in [6.45, 7) is 3.98. The third-order valence-electron chi connectivity index (χ3n) is 4.33. The van der Waals surface area contributed by atoms with E-state index in [0.29, 0.717) is 17.5 Å². The molecule has 2 rings (SSSR count). The molecule has 1 fully saturated rings. The van der Waals surface area contributed by atoms with Crippen molar-refractivity contribution in [1.29, 1.82) is 0 Å². The van der Waals surface area contributed by atoms with Crippen LogP contribution in [0.15, 0.2) is 23.1 Å². The summed E-state index contributed by atoms with van der Waals surface area (Å²) in [7, 11) is -3.66. The summed E-state index contributed by atoms with van der Waals surface area (Å²) in [5.74, 6) is 0.668. The summed E-state index contributed by atoms with van der Waals surface area (Å²) >= 11 is 0. The van der Waals surface area contributed by atoms with Gasteiger partial charge in [0.05, 0.1) is 4.90 Å². The van der Waals surface area contributed by atoms with Crippen LogP contribution in [0.5, 0.6) is 0 Å². The normalized spacial score (nSPS) is 18.8. The molecule has 0 amide bonds. The molecule has 1 unspecified atom stereocenters. The first-order chi connectivity index (χ1) is 9.39. The van der Waals surface area contributed by atoms with E-state index >= 15 is 0 Å². The quantitative estimate of drug-likeness (QED) is 0.897. The summed E-state index contributed by atoms with van der Waals surface area (Å²) in [6.07, 6.45) is 6.44. The van der Waals surface area contributed by atoms with Crippen LogP contribution in [0.3, 0.4) is 0 Å². The zero-order valence-electron chi connectivity index (χ0n) is 12.2. The molecule has 0 heterocycles. The van der Waals surface area contributed by atoms with Crippen molar-refractivity contribution in [3.8, 4) is 0 Å². The Balaban J connectivity index is 2.17. The number of sulfonamides is 1. The second kappa shape index (κ2) is 6.14. The van der Waals surface area contributed by atoms with Crippen LogP contribution in [0.4, 0.5) is 5.69 Å². The van der Waals surface area contributed by atoms with Crippen molar-refractivity contribution in [2.24, 2.45) is 11.1 Å². The van der Waals surface area contributed by atoms with Crippen LogP contribution in [0, 0.1) is 12.8 Å². The van der Waals surface area contributed by atoms with Crippen molar-refractivity contribution in [3.63, 3.8) is 0 Å². The molecule has 20 heavy (non-hydrogen) atoms. The molecule has 4 nitrogen and oxygen atoms in total. The third-order valence-corrected chi connectivity index (χ3v) is 5.39. The van der Waals surface area contributed by atoms with E-state index in [9.17, 15) is 8.42 Å². The maximum absolute atomic E-state index is 11.5. The molecule has 1 atom stereocenters. The Hall–Kier alpha value is -1.07. The molecule has 0 aromatic heterocycles. The molecule has 0 bridgehead atoms. The molecule has 0 radical (unpaired) electrons. The molecule has 1 aliphatic rings. The number of nitrogens with one attached hydrogen (secondary N) is 1. The number of anilines is 1. The van der Waals surface area contributed by atoms with E-state index in [1.165, 1.54) is 32.1 Å². The average molecular weight is 296 g/mol. The third kappa shape index (κ3) is 3.52. The SMILES string of the molecule is Cc1c(NC(C)C2CCCCC2)cccc1S(N)(=O)=O. The van der Waals surface area contributed by atoms with Crippen molar-refractivity contribution in [2.75, 3.05) is 5.32 Å². The largest absolute Gasteiger partial charge is 0.382 e. The van der Waals surface area contributed by atoms with Crippen molar-refractivity contribution in [2.45, 2.75) is 56.9 Å². The highest BCUT2D eigenvalue weighted by molar-refractivity contribution is 7.89. The molecule has 3 N–H and O–H groups in total. The molecule has 0 aliphatic heterocycles. The lowest BCUT2D eigenvalue weighted by atomic mass is 9.84. The first kappa shape index (κ1) is 15.3. The standard InChI is InChI=1S/C15H24N2O2S/c1-11-14(9-6-10-15(11)20(16,18)19)17-12(2)13-7-4-3-5-8-13/h6,9-10,12-13,17H,3-5,7-8H2,1-2H3,(H2,16,18,19). The van der Waals surface area contributed by atoms with Gasteiger partial charge in [-0.1, -0.05) is 25.3 Å². The Morgan fingerprint density at radius 2 is 1.90 bits per heavy atom. The summed E-state index contributed by atoms with van der Waals surface area (Å²) in [4.78, 5) is 0.207. The van der Waals surface area contributed by atoms with E-state index in [0.717, 1.165) is 5.69 Å². The molecular formula is C15H24N2O2S. The summed E-state index contributed by atoms with van der Waals surface area (Å²) in [5.41, 5.74) is 1.58. The first-order valence-electron chi connectivity index (χ1n) is 7.28. The van der Waals surface area contributed by atoms with Crippen molar-refractivity contribution >= 4 is 15.7 Å². The van der Waals surface area contributed by atoms with Gasteiger partial charge in [0.25, 0.3) is 0 Å². The molecule has 0 saturated heterocycles. The average Bonchev–Trinajstić information content (AvgIpc) is 2.40. The van der Waals surface area contributed by atoms with Crippen LogP contribution < -0.4 is 10.5 Å². The van der Waals surface area contributed by atoms with Gasteiger partial charge in [0.2, 0.25) is 10.0 Å². The minimum atomic E-state index is -3.66. The number of rotatable bonds is 4. The minimum Gasteiger partial charge on any atom is -0.382 e. The van der Waals surface area contributed by atoms with E-state index < -0.39 is 10.0 Å². The number of benzene rings is 1. The Kier molecular flexibility index (Phi) is 4.70. The highest BCUT2D eigenvalue weighted by Crippen LogP contribution is 2.29. The number of hydrogen-bond donors (Lipinski definition) is 2. The van der Waals surface area contributed by atoms with Gasteiger partial charge in [0, 0.05) is 11.7 Å². The van der Waals surface area contributed by atoms with E-state index in [4.69, 9.17) is 5.14 Å². The van der Waals surface area contributed by atoms with Gasteiger partial charge in [0.1, 0.15) is 0 Å². The Morgan fingerprint density at radius 1 is 1.25 bits per heavy atom. The highest BCUT2D eigenvalue weighted by Gasteiger charge is 2.21. The fraction of sp³-hybridized carbons (Fsp3) is 0.600. The van der Waals surface area contributed by atoms with Crippen molar-refractivity contribution in [3.05, 3.63) is 23.8 Å². The molecule has 1 saturated carbocycles. The molecule has 1 aromatic rings. The van der Waals surface area contributed by atoms with E-state index in [-0.39, 0.29) is 4.90 Å². The second-order valence-electron chi connectivity index (χ2n) is 5.80. The summed E-state index contributed by atoms with van der Waals surface area (Å²) in [5, 5.41) is 8.72. The maximum atomic E-state index is 11.5. The fourth-order valence-electron chi connectivity index (χ4n) is 3.08. The van der Waals surface area contributed by atoms with Crippen LogP contribution in [0.1, 0.15) is 44.6 Å². The van der Waals surface area contributed by atoms with Crippen LogP contribution >= 0.6 is 0 Å². The lowest BCUT2D eigenvalue weighted by Gasteiger charge is -2.29. The molecule has 112 valence electrons. The van der Waals surface area contributed by atoms with Gasteiger partial charge in [-0.2, -0.15) is 0 Å². The van der Waals surface area contributed by atoms with Gasteiger partial charge in [-0.05, 0) is 50.3 Å². The van der Waals surface area contributed by atoms with E-state index in [1.807, 2.05) is 6.07 Å². The van der Waals surface area contributed by atoms with Gasteiger partial charge in [-0.25, -0.2) is 13.6 Å². The van der Waals surface area contributed by atoms with Crippen LogP contribution in [-0.2, 0) is 10.0 Å². The number of nitrogens with two attached hydrogens (primary N) is 1. The first-order valence-corrected chi connectivity index (χ1v) is 8.83. The smallest absolute Gasteiger partial charge is 0.238 e. The van der Waals surface area contributed by atoms with Gasteiger partial charge in [-0.15, -0.1) is 0 Å². The van der Waals surface area contributed by atoms with Gasteiger partial charge < -0.3 is 5.32 Å². The predicted molar refractivity (Wildman–Crippen MR) is 82.2 cm³/mol. The molecule has 0 spiro atoms. The zero-order valence-corrected chi connectivity index (χ0v) is 13.0. The van der Waals surface area contributed by atoms with Gasteiger partial charge >= 0.3 is 0 Å². The fourth-order valence-corrected chi connectivity index (χ4v) is 3.88. The Morgan fingerprint density at radius 3 is 2.50 bits per heavy atom. The zero-order chi connectivity index (χ0) is 14.8. The monoisotopic (exact) mass is 296 g/mol. The predicted octanol–water partition coefficient (Wildman–Crippen LogP) is 3.02. The number of primary sulfonamides is 1. The lowest BCUT2D eigenvalue weighted by molar-refractivity contribution is 0.328. The topological polar surface area (TPSA) is 72.2 Å². The maximum Gasteiger partial charge on any atom is 0.238 e. The Bertz CT molecular complexity index is 563. The van der Waals surface area contributed by atoms with Crippen LogP contribution in [0.25, 0.3) is 0 Å². The van der Waals surface area contributed by atoms with Crippen LogP contribution in [-0.4, -0.2) is 14.5 Å². The summed E-state index contributed by atoms with van der Waals surface area (Å²) < 4.78 is 23.1. The summed E-state index contributed by atoms with van der Waals surface area (Å²) in [6, 6.07) is 5.57. The van der Waals surface area contributed by atoms with Crippen molar-refractivity contribution < 1.29 is 8.42 Å². The molecule has 5 heteroatoms. The minimum absolute atomic E-state index is 0.207. The van der Waals surface area contributed by atoms with Gasteiger partial charge in [0.15, 0.2) is 0 Å². The highest BCUT2D eigenvalue weighted by atomic mass is 32.2.